The molecule has 0 spiro atoms. The summed E-state index contributed by atoms with van der Waals surface area (Å²) < 4.78 is 1.03. The van der Waals surface area contributed by atoms with Crippen LogP contribution in [-0.2, 0) is 6.42 Å². The maximum Gasteiger partial charge on any atom is 0.0847 e. The third kappa shape index (κ3) is 4.01. The van der Waals surface area contributed by atoms with Gasteiger partial charge in [-0.3, -0.25) is 0 Å². The molecule has 15 heavy (non-hydrogen) atoms. The number of alkyl halides is 1. The molecule has 1 atom stereocenters. The first kappa shape index (κ1) is 12.8. The van der Waals surface area contributed by atoms with E-state index < -0.39 is 6.10 Å². The van der Waals surface area contributed by atoms with Gasteiger partial charge in [-0.1, -0.05) is 28.9 Å². The van der Waals surface area contributed by atoms with Crippen molar-refractivity contribution in [2.45, 2.75) is 19.4 Å². The first-order chi connectivity index (χ1) is 7.17. The van der Waals surface area contributed by atoms with Gasteiger partial charge in [0.15, 0.2) is 0 Å². The quantitative estimate of drug-likeness (QED) is 0.818. The lowest BCUT2D eigenvalue weighted by Crippen LogP contribution is -2.21. The largest absolute Gasteiger partial charge is 0.390 e. The van der Waals surface area contributed by atoms with E-state index in [1.165, 1.54) is 5.56 Å². The summed E-state index contributed by atoms with van der Waals surface area (Å²) in [6.07, 6.45) is 0.461. The van der Waals surface area contributed by atoms with Crippen LogP contribution < -0.4 is 5.32 Å². The van der Waals surface area contributed by atoms with Crippen LogP contribution in [0.2, 0.25) is 0 Å². The lowest BCUT2D eigenvalue weighted by molar-refractivity contribution is 0.211. The smallest absolute Gasteiger partial charge is 0.0847 e. The highest BCUT2D eigenvalue weighted by Crippen LogP contribution is 2.21. The van der Waals surface area contributed by atoms with Gasteiger partial charge in [0.25, 0.3) is 0 Å². The number of aliphatic hydroxyl groups excluding tert-OH is 1. The van der Waals surface area contributed by atoms with Crippen molar-refractivity contribution in [3.8, 4) is 0 Å². The van der Waals surface area contributed by atoms with Crippen molar-refractivity contribution in [3.05, 3.63) is 28.2 Å². The van der Waals surface area contributed by atoms with E-state index in [1.54, 1.807) is 0 Å². The molecule has 0 aliphatic heterocycles. The fourth-order valence-corrected chi connectivity index (χ4v) is 1.77. The van der Waals surface area contributed by atoms with Gasteiger partial charge < -0.3 is 10.4 Å². The molecule has 2 N–H and O–H groups in total. The summed E-state index contributed by atoms with van der Waals surface area (Å²) in [6.45, 7) is 2.58. The summed E-state index contributed by atoms with van der Waals surface area (Å²) in [5.74, 6) is 0.252. The third-order valence-electron chi connectivity index (χ3n) is 2.16. The normalized spacial score (nSPS) is 12.5. The highest BCUT2D eigenvalue weighted by molar-refractivity contribution is 9.10. The predicted molar refractivity (Wildman–Crippen MR) is 68.7 cm³/mol. The molecule has 0 aliphatic carbocycles. The topological polar surface area (TPSA) is 32.3 Å². The molecule has 1 rings (SSSR count). The van der Waals surface area contributed by atoms with Crippen LogP contribution in [0.1, 0.15) is 12.5 Å². The second-order valence-electron chi connectivity index (χ2n) is 3.34. The summed E-state index contributed by atoms with van der Waals surface area (Å²) in [4.78, 5) is 0. The minimum atomic E-state index is -0.504. The molecule has 0 amide bonds. The molecule has 1 aromatic carbocycles. The zero-order valence-corrected chi connectivity index (χ0v) is 11.0. The lowest BCUT2D eigenvalue weighted by atomic mass is 10.1. The van der Waals surface area contributed by atoms with Crippen molar-refractivity contribution in [1.82, 2.24) is 0 Å². The first-order valence-electron chi connectivity index (χ1n) is 4.93. The molecule has 0 aromatic heterocycles. The number of nitrogens with one attached hydrogen (secondary N) is 1. The first-order valence-corrected chi connectivity index (χ1v) is 6.26. The Morgan fingerprint density at radius 1 is 1.53 bits per heavy atom. The summed E-state index contributed by atoms with van der Waals surface area (Å²) in [7, 11) is 0. The Hall–Kier alpha value is -0.250. The number of hydrogen-bond acceptors (Lipinski definition) is 2. The minimum Gasteiger partial charge on any atom is -0.390 e. The van der Waals surface area contributed by atoms with Gasteiger partial charge in [0.1, 0.15) is 0 Å². The zero-order valence-electron chi connectivity index (χ0n) is 8.63. The summed E-state index contributed by atoms with van der Waals surface area (Å²) in [5, 5.41) is 12.5. The summed E-state index contributed by atoms with van der Waals surface area (Å²) in [5.41, 5.74) is 2.29. The zero-order chi connectivity index (χ0) is 11.3. The van der Waals surface area contributed by atoms with E-state index in [9.17, 15) is 5.11 Å². The van der Waals surface area contributed by atoms with Crippen LogP contribution in [0.4, 0.5) is 5.69 Å². The highest BCUT2D eigenvalue weighted by Gasteiger charge is 2.04. The number of rotatable bonds is 5. The monoisotopic (exact) mass is 291 g/mol. The van der Waals surface area contributed by atoms with Crippen molar-refractivity contribution in [3.63, 3.8) is 0 Å². The number of halogens is 2. The minimum absolute atomic E-state index is 0.252. The molecule has 84 valence electrons. The van der Waals surface area contributed by atoms with Crippen molar-refractivity contribution in [1.29, 1.82) is 0 Å². The third-order valence-corrected chi connectivity index (χ3v) is 3.01. The van der Waals surface area contributed by atoms with Gasteiger partial charge in [0.2, 0.25) is 0 Å². The molecule has 0 saturated carbocycles. The van der Waals surface area contributed by atoms with Crippen LogP contribution in [0.3, 0.4) is 0 Å². The van der Waals surface area contributed by atoms with Crippen molar-refractivity contribution in [2.75, 3.05) is 17.7 Å². The van der Waals surface area contributed by atoms with Gasteiger partial charge in [-0.05, 0) is 24.1 Å². The van der Waals surface area contributed by atoms with Crippen molar-refractivity contribution < 1.29 is 5.11 Å². The summed E-state index contributed by atoms with van der Waals surface area (Å²) in [6, 6.07) is 6.10. The Labute approximate surface area is 104 Å². The maximum atomic E-state index is 9.35. The number of benzene rings is 1. The van der Waals surface area contributed by atoms with Gasteiger partial charge in [0, 0.05) is 16.7 Å². The molecule has 1 unspecified atom stereocenters. The van der Waals surface area contributed by atoms with Gasteiger partial charge in [-0.15, -0.1) is 11.6 Å². The van der Waals surface area contributed by atoms with Gasteiger partial charge in [0.05, 0.1) is 12.0 Å². The van der Waals surface area contributed by atoms with E-state index in [2.05, 4.69) is 34.2 Å². The summed E-state index contributed by atoms with van der Waals surface area (Å²) >= 11 is 8.94. The molecular formula is C11H15BrClNO. The molecule has 2 nitrogen and oxygen atoms in total. The van der Waals surface area contributed by atoms with Crippen LogP contribution in [0, 0.1) is 0 Å². The van der Waals surface area contributed by atoms with E-state index in [0.29, 0.717) is 6.54 Å². The van der Waals surface area contributed by atoms with Crippen LogP contribution in [0.25, 0.3) is 0 Å². The van der Waals surface area contributed by atoms with Gasteiger partial charge in [-0.25, -0.2) is 0 Å². The Morgan fingerprint density at radius 2 is 2.27 bits per heavy atom. The Balaban J connectivity index is 2.69. The van der Waals surface area contributed by atoms with E-state index in [1.807, 2.05) is 12.1 Å². The SMILES string of the molecule is CCc1ccc(Br)cc1NCC(O)CCl. The lowest BCUT2D eigenvalue weighted by Gasteiger charge is -2.13. The fraction of sp³-hybridized carbons (Fsp3) is 0.455. The van der Waals surface area contributed by atoms with E-state index >= 15 is 0 Å². The van der Waals surface area contributed by atoms with E-state index in [-0.39, 0.29) is 5.88 Å². The molecule has 4 heteroatoms. The van der Waals surface area contributed by atoms with Crippen LogP contribution in [0.15, 0.2) is 22.7 Å². The number of hydrogen-bond donors (Lipinski definition) is 2. The van der Waals surface area contributed by atoms with Crippen molar-refractivity contribution in [2.24, 2.45) is 0 Å². The average Bonchev–Trinajstić information content (AvgIpc) is 2.26. The second kappa shape index (κ2) is 6.36. The van der Waals surface area contributed by atoms with E-state index in [0.717, 1.165) is 16.6 Å². The highest BCUT2D eigenvalue weighted by atomic mass is 79.9. The molecule has 1 aromatic rings. The Bertz CT molecular complexity index is 319. The molecule has 0 heterocycles. The molecule has 0 fully saturated rings. The molecule has 0 aliphatic rings. The van der Waals surface area contributed by atoms with E-state index in [4.69, 9.17) is 11.6 Å². The van der Waals surface area contributed by atoms with Gasteiger partial charge >= 0.3 is 0 Å². The molecule has 0 radical (unpaired) electrons. The standard InChI is InChI=1S/C11H15BrClNO/c1-2-8-3-4-9(12)5-11(8)14-7-10(15)6-13/h3-5,10,14-15H,2,6-7H2,1H3. The van der Waals surface area contributed by atoms with Crippen LogP contribution in [0.5, 0.6) is 0 Å². The average molecular weight is 293 g/mol. The predicted octanol–water partition coefficient (Wildman–Crippen LogP) is 3.02. The number of aliphatic hydroxyl groups is 1. The Kier molecular flexibility index (Phi) is 5.43. The second-order valence-corrected chi connectivity index (χ2v) is 4.57. The van der Waals surface area contributed by atoms with Gasteiger partial charge in [-0.2, -0.15) is 0 Å². The fourth-order valence-electron chi connectivity index (χ4n) is 1.30. The molecular weight excluding hydrogens is 277 g/mol. The van der Waals surface area contributed by atoms with Crippen molar-refractivity contribution >= 4 is 33.2 Å². The van der Waals surface area contributed by atoms with Crippen LogP contribution in [-0.4, -0.2) is 23.6 Å². The number of aryl methyl sites for hydroxylation is 1. The Morgan fingerprint density at radius 3 is 2.87 bits per heavy atom. The number of anilines is 1. The molecule has 0 saturated heterocycles. The molecule has 0 bridgehead atoms. The van der Waals surface area contributed by atoms with Crippen LogP contribution >= 0.6 is 27.5 Å². The maximum absolute atomic E-state index is 9.35.